The monoisotopic (exact) mass is 347 g/mol. The number of hydrogen-bond acceptors (Lipinski definition) is 4. The van der Waals surface area contributed by atoms with Crippen LogP contribution in [0.4, 0.5) is 28.0 Å². The molecule has 1 aromatic rings. The van der Waals surface area contributed by atoms with Crippen molar-refractivity contribution in [1.82, 2.24) is 9.80 Å². The molecule has 11 heteroatoms. The van der Waals surface area contributed by atoms with Crippen LogP contribution in [0.3, 0.4) is 0 Å². The standard InChI is InChI=1S/C13H9F4N3O4/c14-7-1-3-8(4-2-7)18-9(21)5-19-10(22)11(23)20(12(19)24)6-13(15,16)17/h1-4H,5-6H2,(H,18,21). The smallest absolute Gasteiger partial charge is 0.325 e. The van der Waals surface area contributed by atoms with Crippen LogP contribution in [0.5, 0.6) is 0 Å². The van der Waals surface area contributed by atoms with E-state index in [9.17, 15) is 36.7 Å². The van der Waals surface area contributed by atoms with Gasteiger partial charge in [0.15, 0.2) is 0 Å². The molecule has 0 saturated carbocycles. The van der Waals surface area contributed by atoms with Gasteiger partial charge in [-0.25, -0.2) is 19.0 Å². The van der Waals surface area contributed by atoms with Crippen LogP contribution in [-0.4, -0.2) is 52.8 Å². The Morgan fingerprint density at radius 3 is 2.08 bits per heavy atom. The minimum Gasteiger partial charge on any atom is -0.325 e. The summed E-state index contributed by atoms with van der Waals surface area (Å²) in [6.07, 6.45) is -4.88. The number of benzene rings is 1. The van der Waals surface area contributed by atoms with Gasteiger partial charge in [0.25, 0.3) is 0 Å². The van der Waals surface area contributed by atoms with E-state index in [0.29, 0.717) is 0 Å². The van der Waals surface area contributed by atoms with Crippen molar-refractivity contribution in [3.8, 4) is 0 Å². The number of imide groups is 2. The zero-order valence-corrected chi connectivity index (χ0v) is 11.8. The Bertz CT molecular complexity index is 702. The number of alkyl halides is 3. The summed E-state index contributed by atoms with van der Waals surface area (Å²) >= 11 is 0. The molecule has 0 aliphatic carbocycles. The van der Waals surface area contributed by atoms with Crippen LogP contribution >= 0.6 is 0 Å². The third-order valence-corrected chi connectivity index (χ3v) is 2.90. The van der Waals surface area contributed by atoms with Crippen LogP contribution in [0.15, 0.2) is 24.3 Å². The lowest BCUT2D eigenvalue weighted by Crippen LogP contribution is -2.41. The molecule has 0 radical (unpaired) electrons. The summed E-state index contributed by atoms with van der Waals surface area (Å²) < 4.78 is 49.6. The van der Waals surface area contributed by atoms with Crippen molar-refractivity contribution in [3.63, 3.8) is 0 Å². The zero-order valence-electron chi connectivity index (χ0n) is 11.8. The van der Waals surface area contributed by atoms with Crippen LogP contribution in [0, 0.1) is 5.82 Å². The highest BCUT2D eigenvalue weighted by Crippen LogP contribution is 2.21. The summed E-state index contributed by atoms with van der Waals surface area (Å²) in [5.41, 5.74) is 0.138. The Morgan fingerprint density at radius 2 is 1.54 bits per heavy atom. The van der Waals surface area contributed by atoms with E-state index in [1.807, 2.05) is 0 Å². The molecule has 1 heterocycles. The van der Waals surface area contributed by atoms with Gasteiger partial charge in [0.2, 0.25) is 5.91 Å². The summed E-state index contributed by atoms with van der Waals surface area (Å²) in [4.78, 5) is 46.3. The lowest BCUT2D eigenvalue weighted by atomic mass is 10.3. The summed E-state index contributed by atoms with van der Waals surface area (Å²) in [6.45, 7) is -2.87. The maximum atomic E-state index is 12.7. The fourth-order valence-electron chi connectivity index (χ4n) is 1.89. The number of halogens is 4. The number of amides is 5. The maximum Gasteiger partial charge on any atom is 0.406 e. The van der Waals surface area contributed by atoms with Crippen LogP contribution in [0.2, 0.25) is 0 Å². The largest absolute Gasteiger partial charge is 0.406 e. The second-order valence-corrected chi connectivity index (χ2v) is 4.74. The molecule has 1 saturated heterocycles. The molecule has 0 spiro atoms. The molecule has 5 amide bonds. The van der Waals surface area contributed by atoms with Gasteiger partial charge < -0.3 is 5.32 Å². The summed E-state index contributed by atoms with van der Waals surface area (Å²) in [7, 11) is 0. The summed E-state index contributed by atoms with van der Waals surface area (Å²) in [6, 6.07) is 2.94. The maximum absolute atomic E-state index is 12.7. The fourth-order valence-corrected chi connectivity index (χ4v) is 1.89. The highest BCUT2D eigenvalue weighted by molar-refractivity contribution is 6.45. The normalized spacial score (nSPS) is 15.2. The van der Waals surface area contributed by atoms with Crippen molar-refractivity contribution in [2.24, 2.45) is 0 Å². The molecule has 128 valence electrons. The van der Waals surface area contributed by atoms with Crippen LogP contribution in [0.1, 0.15) is 0 Å². The van der Waals surface area contributed by atoms with Gasteiger partial charge in [0.1, 0.15) is 18.9 Å². The molecule has 1 aliphatic rings. The molecule has 0 atom stereocenters. The molecule has 0 unspecified atom stereocenters. The molecule has 24 heavy (non-hydrogen) atoms. The molecule has 1 aromatic carbocycles. The third kappa shape index (κ3) is 3.86. The predicted octanol–water partition coefficient (Wildman–Crippen LogP) is 1.12. The average Bonchev–Trinajstić information content (AvgIpc) is 2.66. The first-order chi connectivity index (χ1) is 11.1. The molecule has 1 fully saturated rings. The van der Waals surface area contributed by atoms with Gasteiger partial charge in [-0.1, -0.05) is 0 Å². The number of hydrogen-bond donors (Lipinski definition) is 1. The molecular formula is C13H9F4N3O4. The van der Waals surface area contributed by atoms with E-state index in [1.165, 1.54) is 12.1 Å². The zero-order chi connectivity index (χ0) is 18.1. The average molecular weight is 347 g/mol. The van der Waals surface area contributed by atoms with Crippen molar-refractivity contribution < 1.29 is 36.7 Å². The Hall–Kier alpha value is -2.98. The third-order valence-electron chi connectivity index (χ3n) is 2.90. The molecule has 0 bridgehead atoms. The van der Waals surface area contributed by atoms with Crippen LogP contribution < -0.4 is 5.32 Å². The van der Waals surface area contributed by atoms with Crippen molar-refractivity contribution in [3.05, 3.63) is 30.1 Å². The number of nitrogens with one attached hydrogen (secondary N) is 1. The molecule has 1 N–H and O–H groups in total. The van der Waals surface area contributed by atoms with E-state index in [-0.39, 0.29) is 15.5 Å². The van der Waals surface area contributed by atoms with Gasteiger partial charge >= 0.3 is 24.0 Å². The van der Waals surface area contributed by atoms with Gasteiger partial charge in [-0.3, -0.25) is 14.4 Å². The quantitative estimate of drug-likeness (QED) is 0.502. The van der Waals surface area contributed by atoms with Gasteiger partial charge in [0, 0.05) is 5.69 Å². The van der Waals surface area contributed by atoms with Crippen molar-refractivity contribution in [2.75, 3.05) is 18.4 Å². The van der Waals surface area contributed by atoms with E-state index < -0.39 is 48.8 Å². The Balaban J connectivity index is 2.04. The molecule has 7 nitrogen and oxygen atoms in total. The molecule has 0 aromatic heterocycles. The van der Waals surface area contributed by atoms with E-state index >= 15 is 0 Å². The van der Waals surface area contributed by atoms with Crippen molar-refractivity contribution in [1.29, 1.82) is 0 Å². The molecule has 1 aliphatic heterocycles. The predicted molar refractivity (Wildman–Crippen MR) is 69.9 cm³/mol. The Labute approximate surface area is 131 Å². The number of carbonyl (C=O) groups is 4. The number of carbonyl (C=O) groups excluding carboxylic acids is 4. The summed E-state index contributed by atoms with van der Waals surface area (Å²) in [5.74, 6) is -4.69. The highest BCUT2D eigenvalue weighted by atomic mass is 19.4. The number of rotatable bonds is 4. The second-order valence-electron chi connectivity index (χ2n) is 4.74. The summed E-state index contributed by atoms with van der Waals surface area (Å²) in [5, 5.41) is 2.21. The Kier molecular flexibility index (Phi) is 4.53. The van der Waals surface area contributed by atoms with Gasteiger partial charge in [-0.2, -0.15) is 13.2 Å². The van der Waals surface area contributed by atoms with Gasteiger partial charge in [-0.15, -0.1) is 0 Å². The first-order valence-electron chi connectivity index (χ1n) is 6.38. The number of anilines is 1. The molecular weight excluding hydrogens is 338 g/mol. The second kappa shape index (κ2) is 6.26. The van der Waals surface area contributed by atoms with E-state index in [0.717, 1.165) is 12.1 Å². The number of urea groups is 1. The lowest BCUT2D eigenvalue weighted by molar-refractivity contribution is -0.156. The van der Waals surface area contributed by atoms with Crippen molar-refractivity contribution in [2.45, 2.75) is 6.18 Å². The van der Waals surface area contributed by atoms with Gasteiger partial charge in [0.05, 0.1) is 0 Å². The molecule has 2 rings (SSSR count). The highest BCUT2D eigenvalue weighted by Gasteiger charge is 2.49. The topological polar surface area (TPSA) is 86.8 Å². The minimum absolute atomic E-state index is 0.104. The Morgan fingerprint density at radius 1 is 1.00 bits per heavy atom. The fraction of sp³-hybridized carbons (Fsp3) is 0.231. The first-order valence-corrected chi connectivity index (χ1v) is 6.38. The lowest BCUT2D eigenvalue weighted by Gasteiger charge is -2.16. The first kappa shape index (κ1) is 17.4. The van der Waals surface area contributed by atoms with E-state index in [4.69, 9.17) is 0 Å². The van der Waals surface area contributed by atoms with Crippen LogP contribution in [0.25, 0.3) is 0 Å². The minimum atomic E-state index is -4.88. The SMILES string of the molecule is O=C(CN1C(=O)C(=O)N(CC(F)(F)F)C1=O)Nc1ccc(F)cc1. The van der Waals surface area contributed by atoms with E-state index in [1.54, 1.807) is 0 Å². The van der Waals surface area contributed by atoms with E-state index in [2.05, 4.69) is 5.32 Å². The number of nitrogens with zero attached hydrogens (tertiary/aromatic N) is 2. The van der Waals surface area contributed by atoms with Crippen LogP contribution in [-0.2, 0) is 14.4 Å². The van der Waals surface area contributed by atoms with Crippen molar-refractivity contribution >= 4 is 29.4 Å². The van der Waals surface area contributed by atoms with Gasteiger partial charge in [-0.05, 0) is 24.3 Å².